The number of nitrogens with one attached hydrogen (secondary N) is 2. The molecule has 0 spiro atoms. The van der Waals surface area contributed by atoms with Gasteiger partial charge < -0.3 is 21.1 Å². The molecule has 1 aliphatic carbocycles. The van der Waals surface area contributed by atoms with Gasteiger partial charge in [-0.25, -0.2) is 4.79 Å². The number of amides is 2. The molecule has 0 radical (unpaired) electrons. The summed E-state index contributed by atoms with van der Waals surface area (Å²) in [6.45, 7) is 0.0485. The van der Waals surface area contributed by atoms with E-state index < -0.39 is 12.0 Å². The lowest BCUT2D eigenvalue weighted by Gasteiger charge is -2.16. The third-order valence-corrected chi connectivity index (χ3v) is 3.42. The van der Waals surface area contributed by atoms with Gasteiger partial charge in [-0.05, 0) is 24.0 Å². The summed E-state index contributed by atoms with van der Waals surface area (Å²) in [5.74, 6) is -0.545. The van der Waals surface area contributed by atoms with Crippen LogP contribution >= 0.6 is 0 Å². The Kier molecular flexibility index (Phi) is 4.57. The highest BCUT2D eigenvalue weighted by Gasteiger charge is 2.23. The average Bonchev–Trinajstić information content (AvgIpc) is 2.87. The minimum atomic E-state index is -0.846. The first kappa shape index (κ1) is 14.3. The predicted molar refractivity (Wildman–Crippen MR) is 74.0 cm³/mol. The molecule has 0 bridgehead atoms. The second-order valence-corrected chi connectivity index (χ2v) is 4.77. The molecule has 6 nitrogen and oxygen atoms in total. The Bertz CT molecular complexity index is 504. The van der Waals surface area contributed by atoms with Gasteiger partial charge in [0.15, 0.2) is 0 Å². The van der Waals surface area contributed by atoms with E-state index in [0.717, 1.165) is 18.4 Å². The largest absolute Gasteiger partial charge is 0.468 e. The van der Waals surface area contributed by atoms with Gasteiger partial charge >= 0.3 is 12.0 Å². The first-order valence-corrected chi connectivity index (χ1v) is 6.57. The number of hydrogen-bond acceptors (Lipinski definition) is 4. The highest BCUT2D eigenvalue weighted by atomic mass is 16.5. The molecule has 0 saturated heterocycles. The fourth-order valence-corrected chi connectivity index (χ4v) is 2.35. The van der Waals surface area contributed by atoms with Crippen LogP contribution in [0.4, 0.5) is 4.79 Å². The van der Waals surface area contributed by atoms with Gasteiger partial charge in [-0.3, -0.25) is 4.79 Å². The van der Waals surface area contributed by atoms with Crippen molar-refractivity contribution in [3.8, 4) is 0 Å². The molecule has 4 N–H and O–H groups in total. The molecule has 1 aliphatic rings. The van der Waals surface area contributed by atoms with Crippen LogP contribution in [0.25, 0.3) is 0 Å². The van der Waals surface area contributed by atoms with Crippen LogP contribution in [0.15, 0.2) is 24.3 Å². The number of methoxy groups -OCH3 is 1. The lowest BCUT2D eigenvalue weighted by atomic mass is 10.1. The first-order chi connectivity index (χ1) is 9.61. The summed E-state index contributed by atoms with van der Waals surface area (Å²) < 4.78 is 4.49. The highest BCUT2D eigenvalue weighted by molar-refractivity contribution is 5.78. The van der Waals surface area contributed by atoms with E-state index in [0.29, 0.717) is 0 Å². The molecular weight excluding hydrogens is 258 g/mol. The molecule has 0 aromatic heterocycles. The lowest BCUT2D eigenvalue weighted by molar-refractivity contribution is -0.141. The summed E-state index contributed by atoms with van der Waals surface area (Å²) in [7, 11) is 1.26. The number of benzene rings is 1. The van der Waals surface area contributed by atoms with E-state index in [-0.39, 0.29) is 18.6 Å². The number of nitrogens with two attached hydrogens (primary N) is 1. The molecule has 0 fully saturated rings. The van der Waals surface area contributed by atoms with Gasteiger partial charge in [-0.2, -0.15) is 0 Å². The molecule has 0 heterocycles. The maximum atomic E-state index is 11.8. The fourth-order valence-electron chi connectivity index (χ4n) is 2.35. The van der Waals surface area contributed by atoms with Gasteiger partial charge in [-0.1, -0.05) is 24.3 Å². The van der Waals surface area contributed by atoms with E-state index in [4.69, 9.17) is 5.73 Å². The maximum Gasteiger partial charge on any atom is 0.324 e. The Morgan fingerprint density at radius 2 is 2.20 bits per heavy atom. The fraction of sp³-hybridized carbons (Fsp3) is 0.429. The molecule has 0 unspecified atom stereocenters. The van der Waals surface area contributed by atoms with Crippen molar-refractivity contribution in [2.75, 3.05) is 13.7 Å². The normalized spacial score (nSPS) is 18.0. The zero-order valence-corrected chi connectivity index (χ0v) is 11.4. The Morgan fingerprint density at radius 1 is 1.45 bits per heavy atom. The standard InChI is InChI=1S/C14H19N3O3/c1-20-13(18)11(15)8-16-14(19)17-12-7-6-9-4-2-3-5-10(9)12/h2-5,11-12H,6-8,15H2,1H3,(H2,16,17,19)/t11-,12-/m0/s1. The van der Waals surface area contributed by atoms with Gasteiger partial charge in [0.2, 0.25) is 0 Å². The maximum absolute atomic E-state index is 11.8. The number of esters is 1. The number of carbonyl (C=O) groups is 2. The molecule has 2 amide bonds. The molecule has 2 rings (SSSR count). The number of aryl methyl sites for hydroxylation is 1. The molecule has 2 atom stereocenters. The number of carbonyl (C=O) groups excluding carboxylic acids is 2. The van der Waals surface area contributed by atoms with Crippen molar-refractivity contribution < 1.29 is 14.3 Å². The van der Waals surface area contributed by atoms with Crippen LogP contribution in [0.1, 0.15) is 23.6 Å². The third kappa shape index (κ3) is 3.27. The summed E-state index contributed by atoms with van der Waals surface area (Å²) in [6, 6.07) is 6.89. The van der Waals surface area contributed by atoms with E-state index in [2.05, 4.69) is 21.4 Å². The van der Waals surface area contributed by atoms with Crippen molar-refractivity contribution in [2.24, 2.45) is 5.73 Å². The summed E-state index contributed by atoms with van der Waals surface area (Å²) in [6.07, 6.45) is 1.85. The minimum absolute atomic E-state index is 0.0144. The number of fused-ring (bicyclic) bond motifs is 1. The summed E-state index contributed by atoms with van der Waals surface area (Å²) in [4.78, 5) is 22.9. The molecule has 108 valence electrons. The average molecular weight is 277 g/mol. The predicted octanol–water partition coefficient (Wildman–Crippen LogP) is 0.473. The van der Waals surface area contributed by atoms with Crippen LogP contribution in [0.3, 0.4) is 0 Å². The third-order valence-electron chi connectivity index (χ3n) is 3.42. The van der Waals surface area contributed by atoms with Crippen LogP contribution in [0.5, 0.6) is 0 Å². The van der Waals surface area contributed by atoms with E-state index in [9.17, 15) is 9.59 Å². The summed E-state index contributed by atoms with van der Waals surface area (Å²) in [5, 5.41) is 5.47. The topological polar surface area (TPSA) is 93.4 Å². The van der Waals surface area contributed by atoms with Gasteiger partial charge in [0.05, 0.1) is 13.2 Å². The number of hydrogen-bond donors (Lipinski definition) is 3. The Labute approximate surface area is 117 Å². The zero-order chi connectivity index (χ0) is 14.5. The lowest BCUT2D eigenvalue weighted by Crippen LogP contribution is -2.46. The molecule has 1 aromatic rings. The summed E-state index contributed by atoms with van der Waals surface area (Å²) in [5.41, 5.74) is 7.96. The van der Waals surface area contributed by atoms with Crippen LogP contribution in [-0.2, 0) is 16.0 Å². The Morgan fingerprint density at radius 3 is 2.95 bits per heavy atom. The Balaban J connectivity index is 1.83. The number of ether oxygens (including phenoxy) is 1. The second-order valence-electron chi connectivity index (χ2n) is 4.77. The number of urea groups is 1. The monoisotopic (exact) mass is 277 g/mol. The van der Waals surface area contributed by atoms with Gasteiger partial charge in [-0.15, -0.1) is 0 Å². The van der Waals surface area contributed by atoms with Crippen LogP contribution in [-0.4, -0.2) is 31.7 Å². The molecule has 0 saturated carbocycles. The van der Waals surface area contributed by atoms with E-state index in [1.165, 1.54) is 12.7 Å². The minimum Gasteiger partial charge on any atom is -0.468 e. The molecule has 20 heavy (non-hydrogen) atoms. The molecule has 1 aromatic carbocycles. The van der Waals surface area contributed by atoms with E-state index in [1.807, 2.05) is 18.2 Å². The van der Waals surface area contributed by atoms with Crippen molar-refractivity contribution in [2.45, 2.75) is 24.9 Å². The van der Waals surface area contributed by atoms with Gasteiger partial charge in [0.1, 0.15) is 6.04 Å². The Hall–Kier alpha value is -2.08. The van der Waals surface area contributed by atoms with Crippen LogP contribution in [0, 0.1) is 0 Å². The van der Waals surface area contributed by atoms with Gasteiger partial charge in [0, 0.05) is 6.54 Å². The molecule has 6 heteroatoms. The SMILES string of the molecule is COC(=O)[C@@H](N)CNC(=O)N[C@H]1CCc2ccccc21. The van der Waals surface area contributed by atoms with Crippen molar-refractivity contribution >= 4 is 12.0 Å². The highest BCUT2D eigenvalue weighted by Crippen LogP contribution is 2.30. The summed E-state index contributed by atoms with van der Waals surface area (Å²) >= 11 is 0. The number of rotatable bonds is 4. The van der Waals surface area contributed by atoms with Gasteiger partial charge in [0.25, 0.3) is 0 Å². The van der Waals surface area contributed by atoms with Crippen LogP contribution < -0.4 is 16.4 Å². The quantitative estimate of drug-likeness (QED) is 0.698. The van der Waals surface area contributed by atoms with Crippen LogP contribution in [0.2, 0.25) is 0 Å². The van der Waals surface area contributed by atoms with Crippen molar-refractivity contribution in [1.29, 1.82) is 0 Å². The zero-order valence-electron chi connectivity index (χ0n) is 11.4. The van der Waals surface area contributed by atoms with Crippen molar-refractivity contribution in [3.05, 3.63) is 35.4 Å². The second kappa shape index (κ2) is 6.38. The van der Waals surface area contributed by atoms with E-state index in [1.54, 1.807) is 0 Å². The first-order valence-electron chi connectivity index (χ1n) is 6.57. The molecular formula is C14H19N3O3. The van der Waals surface area contributed by atoms with Crippen molar-refractivity contribution in [3.63, 3.8) is 0 Å². The van der Waals surface area contributed by atoms with Crippen molar-refractivity contribution in [1.82, 2.24) is 10.6 Å². The molecule has 0 aliphatic heterocycles. The van der Waals surface area contributed by atoms with E-state index >= 15 is 0 Å². The smallest absolute Gasteiger partial charge is 0.324 e.